The first kappa shape index (κ1) is 12.1. The normalized spacial score (nSPS) is 22.1. The van der Waals surface area contributed by atoms with E-state index in [-0.39, 0.29) is 0 Å². The molecule has 1 aromatic rings. The summed E-state index contributed by atoms with van der Waals surface area (Å²) in [5.41, 5.74) is 2.16. The predicted octanol–water partition coefficient (Wildman–Crippen LogP) is 3.97. The first-order chi connectivity index (χ1) is 7.37. The first-order valence-electron chi connectivity index (χ1n) is 5.84. The number of hydrogen-bond donors (Lipinski definition) is 1. The van der Waals surface area contributed by atoms with Crippen LogP contribution in [0.4, 0.5) is 0 Å². The number of benzene rings is 1. The second kappa shape index (κ2) is 3.85. The molecule has 1 N–H and O–H groups in total. The summed E-state index contributed by atoms with van der Waals surface area (Å²) < 4.78 is 1.19. The highest BCUT2D eigenvalue weighted by Gasteiger charge is 2.64. The number of hydrogen-bond acceptors (Lipinski definition) is 1. The van der Waals surface area contributed by atoms with E-state index in [9.17, 15) is 0 Å². The first-order valence-corrected chi connectivity index (χ1v) is 6.63. The summed E-state index contributed by atoms with van der Waals surface area (Å²) in [6.07, 6.45) is 0. The fourth-order valence-electron chi connectivity index (χ4n) is 2.56. The topological polar surface area (TPSA) is 12.0 Å². The zero-order valence-corrected chi connectivity index (χ0v) is 12.1. The summed E-state index contributed by atoms with van der Waals surface area (Å²) in [5.74, 6) is 0. The highest BCUT2D eigenvalue weighted by molar-refractivity contribution is 9.10. The summed E-state index contributed by atoms with van der Waals surface area (Å²) in [6, 6.07) is 9.02. The SMILES string of the molecule is CC1(C)C(NCc2ccccc2Br)C1(C)C. The molecule has 0 saturated heterocycles. The Labute approximate surface area is 107 Å². The maximum atomic E-state index is 3.66. The Morgan fingerprint density at radius 3 is 2.19 bits per heavy atom. The fourth-order valence-corrected chi connectivity index (χ4v) is 2.99. The van der Waals surface area contributed by atoms with Crippen LogP contribution in [0.25, 0.3) is 0 Å². The van der Waals surface area contributed by atoms with E-state index in [2.05, 4.69) is 73.2 Å². The summed E-state index contributed by atoms with van der Waals surface area (Å²) in [6.45, 7) is 10.3. The highest BCUT2D eigenvalue weighted by atomic mass is 79.9. The van der Waals surface area contributed by atoms with Crippen LogP contribution in [0.2, 0.25) is 0 Å². The lowest BCUT2D eigenvalue weighted by atomic mass is 10.0. The third-order valence-corrected chi connectivity index (χ3v) is 5.25. The monoisotopic (exact) mass is 281 g/mol. The number of nitrogens with one attached hydrogen (secondary N) is 1. The van der Waals surface area contributed by atoms with Crippen molar-refractivity contribution >= 4 is 15.9 Å². The van der Waals surface area contributed by atoms with Crippen molar-refractivity contribution in [2.24, 2.45) is 10.8 Å². The van der Waals surface area contributed by atoms with Gasteiger partial charge in [-0.1, -0.05) is 61.8 Å². The van der Waals surface area contributed by atoms with Gasteiger partial charge in [0.15, 0.2) is 0 Å². The molecule has 16 heavy (non-hydrogen) atoms. The van der Waals surface area contributed by atoms with E-state index in [4.69, 9.17) is 0 Å². The molecule has 0 unspecified atom stereocenters. The molecule has 0 amide bonds. The molecule has 0 aliphatic heterocycles. The van der Waals surface area contributed by atoms with Crippen LogP contribution >= 0.6 is 15.9 Å². The highest BCUT2D eigenvalue weighted by Crippen LogP contribution is 2.62. The minimum atomic E-state index is 0.411. The van der Waals surface area contributed by atoms with E-state index in [0.717, 1.165) is 6.54 Å². The van der Waals surface area contributed by atoms with Gasteiger partial charge >= 0.3 is 0 Å². The van der Waals surface area contributed by atoms with Crippen LogP contribution in [0.5, 0.6) is 0 Å². The molecule has 2 heteroatoms. The van der Waals surface area contributed by atoms with Gasteiger partial charge in [0.05, 0.1) is 0 Å². The van der Waals surface area contributed by atoms with Crippen LogP contribution in [0.3, 0.4) is 0 Å². The van der Waals surface area contributed by atoms with Crippen molar-refractivity contribution in [3.63, 3.8) is 0 Å². The smallest absolute Gasteiger partial charge is 0.0220 e. The quantitative estimate of drug-likeness (QED) is 0.884. The molecule has 0 aromatic heterocycles. The predicted molar refractivity (Wildman–Crippen MR) is 72.3 cm³/mol. The molecule has 1 saturated carbocycles. The number of halogens is 1. The van der Waals surface area contributed by atoms with Crippen molar-refractivity contribution in [3.8, 4) is 0 Å². The standard InChI is InChI=1S/C14H20BrN/c1-13(2)12(14(13,3)4)16-9-10-7-5-6-8-11(10)15/h5-8,12,16H,9H2,1-4H3. The van der Waals surface area contributed by atoms with Gasteiger partial charge in [0, 0.05) is 17.1 Å². The van der Waals surface area contributed by atoms with Crippen LogP contribution in [0.15, 0.2) is 28.7 Å². The summed E-state index contributed by atoms with van der Waals surface area (Å²) >= 11 is 3.58. The molecule has 0 bridgehead atoms. The van der Waals surface area contributed by atoms with E-state index in [1.807, 2.05) is 0 Å². The Morgan fingerprint density at radius 2 is 1.69 bits per heavy atom. The van der Waals surface area contributed by atoms with Gasteiger partial charge in [0.25, 0.3) is 0 Å². The van der Waals surface area contributed by atoms with Crippen LogP contribution in [0, 0.1) is 10.8 Å². The lowest BCUT2D eigenvalue weighted by Crippen LogP contribution is -2.21. The van der Waals surface area contributed by atoms with Crippen molar-refractivity contribution in [3.05, 3.63) is 34.3 Å². The van der Waals surface area contributed by atoms with Gasteiger partial charge < -0.3 is 5.32 Å². The molecule has 0 spiro atoms. The maximum Gasteiger partial charge on any atom is 0.0220 e. The lowest BCUT2D eigenvalue weighted by molar-refractivity contribution is 0.457. The van der Waals surface area contributed by atoms with Crippen molar-refractivity contribution in [2.75, 3.05) is 0 Å². The van der Waals surface area contributed by atoms with Gasteiger partial charge in [-0.05, 0) is 22.5 Å². The Bertz CT molecular complexity index is 381. The van der Waals surface area contributed by atoms with Crippen molar-refractivity contribution in [2.45, 2.75) is 40.3 Å². The Balaban J connectivity index is 1.98. The van der Waals surface area contributed by atoms with Gasteiger partial charge in [-0.3, -0.25) is 0 Å². The van der Waals surface area contributed by atoms with Crippen molar-refractivity contribution in [1.29, 1.82) is 0 Å². The molecule has 2 rings (SSSR count). The van der Waals surface area contributed by atoms with Gasteiger partial charge in [-0.15, -0.1) is 0 Å². The van der Waals surface area contributed by atoms with E-state index in [1.54, 1.807) is 0 Å². The Morgan fingerprint density at radius 1 is 1.12 bits per heavy atom. The van der Waals surface area contributed by atoms with Crippen molar-refractivity contribution in [1.82, 2.24) is 5.32 Å². The molecule has 1 aliphatic rings. The van der Waals surface area contributed by atoms with E-state index in [0.29, 0.717) is 16.9 Å². The van der Waals surface area contributed by atoms with Gasteiger partial charge in [0.2, 0.25) is 0 Å². The van der Waals surface area contributed by atoms with Gasteiger partial charge in [0.1, 0.15) is 0 Å². The third-order valence-electron chi connectivity index (χ3n) is 4.48. The second-order valence-electron chi connectivity index (χ2n) is 5.85. The molecular formula is C14H20BrN. The molecule has 0 atom stereocenters. The van der Waals surface area contributed by atoms with E-state index in [1.165, 1.54) is 10.0 Å². The minimum absolute atomic E-state index is 0.411. The zero-order valence-electron chi connectivity index (χ0n) is 10.5. The molecule has 1 aromatic carbocycles. The third kappa shape index (κ3) is 1.82. The second-order valence-corrected chi connectivity index (χ2v) is 6.70. The van der Waals surface area contributed by atoms with Crippen LogP contribution < -0.4 is 5.32 Å². The zero-order chi connectivity index (χ0) is 12.0. The van der Waals surface area contributed by atoms with E-state index >= 15 is 0 Å². The molecule has 1 nitrogen and oxygen atoms in total. The molecule has 0 heterocycles. The molecule has 1 aliphatic carbocycles. The lowest BCUT2D eigenvalue weighted by Gasteiger charge is -2.08. The average Bonchev–Trinajstić information content (AvgIpc) is 2.58. The Hall–Kier alpha value is -0.340. The van der Waals surface area contributed by atoms with Crippen LogP contribution in [0.1, 0.15) is 33.3 Å². The molecule has 1 fully saturated rings. The molecule has 0 radical (unpaired) electrons. The Kier molecular flexibility index (Phi) is 2.92. The summed E-state index contributed by atoms with van der Waals surface area (Å²) in [7, 11) is 0. The number of rotatable bonds is 3. The minimum Gasteiger partial charge on any atom is -0.309 e. The van der Waals surface area contributed by atoms with Gasteiger partial charge in [-0.2, -0.15) is 0 Å². The summed E-state index contributed by atoms with van der Waals surface area (Å²) in [4.78, 5) is 0. The summed E-state index contributed by atoms with van der Waals surface area (Å²) in [5, 5.41) is 3.66. The molecule has 88 valence electrons. The average molecular weight is 282 g/mol. The molecular weight excluding hydrogens is 262 g/mol. The maximum absolute atomic E-state index is 3.66. The van der Waals surface area contributed by atoms with Crippen molar-refractivity contribution < 1.29 is 0 Å². The van der Waals surface area contributed by atoms with Crippen LogP contribution in [-0.4, -0.2) is 6.04 Å². The van der Waals surface area contributed by atoms with E-state index < -0.39 is 0 Å². The largest absolute Gasteiger partial charge is 0.309 e. The fraction of sp³-hybridized carbons (Fsp3) is 0.571. The van der Waals surface area contributed by atoms with Gasteiger partial charge in [-0.25, -0.2) is 0 Å². The van der Waals surface area contributed by atoms with Crippen LogP contribution in [-0.2, 0) is 6.54 Å².